The molecule has 0 bridgehead atoms. The van der Waals surface area contributed by atoms with E-state index in [4.69, 9.17) is 5.11 Å². The number of amides is 1. The van der Waals surface area contributed by atoms with Crippen LogP contribution in [-0.4, -0.2) is 35.0 Å². The summed E-state index contributed by atoms with van der Waals surface area (Å²) < 4.78 is 0. The van der Waals surface area contributed by atoms with Crippen LogP contribution in [0.5, 0.6) is 0 Å². The molecule has 4 nitrogen and oxygen atoms in total. The molecule has 78 valence electrons. The Bertz CT molecular complexity index is 173. The van der Waals surface area contributed by atoms with Crippen molar-refractivity contribution in [3.63, 3.8) is 0 Å². The predicted molar refractivity (Wildman–Crippen MR) is 52.0 cm³/mol. The number of carboxylic acids is 1. The van der Waals surface area contributed by atoms with Gasteiger partial charge in [-0.1, -0.05) is 13.8 Å². The fourth-order valence-corrected chi connectivity index (χ4v) is 0.949. The van der Waals surface area contributed by atoms with Crippen molar-refractivity contribution in [1.29, 1.82) is 0 Å². The van der Waals surface area contributed by atoms with Gasteiger partial charge in [0.05, 0.1) is 0 Å². The van der Waals surface area contributed by atoms with Gasteiger partial charge >= 0.3 is 5.97 Å². The highest BCUT2D eigenvalue weighted by Gasteiger charge is 2.12. The highest BCUT2D eigenvalue weighted by molar-refractivity contribution is 5.85. The molecular weight excluding hydrogens is 194 g/mol. The Balaban J connectivity index is 0. The number of nitrogens with zero attached hydrogens (tertiary/aromatic N) is 1. The molecule has 0 aliphatic heterocycles. The van der Waals surface area contributed by atoms with E-state index < -0.39 is 5.97 Å². The molecule has 5 heteroatoms. The summed E-state index contributed by atoms with van der Waals surface area (Å²) in [6.07, 6.45) is 1.16. The van der Waals surface area contributed by atoms with E-state index in [-0.39, 0.29) is 24.9 Å². The topological polar surface area (TPSA) is 57.6 Å². The van der Waals surface area contributed by atoms with Crippen LogP contribution in [0.25, 0.3) is 0 Å². The second-order valence-electron chi connectivity index (χ2n) is 2.56. The summed E-state index contributed by atoms with van der Waals surface area (Å²) in [4.78, 5) is 22.8. The van der Waals surface area contributed by atoms with Crippen molar-refractivity contribution in [1.82, 2.24) is 4.90 Å². The van der Waals surface area contributed by atoms with E-state index in [0.717, 1.165) is 6.42 Å². The van der Waals surface area contributed by atoms with Gasteiger partial charge in [-0.15, -0.1) is 12.4 Å². The highest BCUT2D eigenvalue weighted by Crippen LogP contribution is 1.95. The largest absolute Gasteiger partial charge is 0.480 e. The number of carbonyl (C=O) groups excluding carboxylic acids is 1. The predicted octanol–water partition coefficient (Wildman–Crippen LogP) is 1.14. The third kappa shape index (κ3) is 6.40. The van der Waals surface area contributed by atoms with Crippen molar-refractivity contribution in [2.75, 3.05) is 13.1 Å². The van der Waals surface area contributed by atoms with Crippen LogP contribution in [0.1, 0.15) is 26.7 Å². The maximum atomic E-state index is 11.1. The summed E-state index contributed by atoms with van der Waals surface area (Å²) >= 11 is 0. The van der Waals surface area contributed by atoms with Gasteiger partial charge in [0, 0.05) is 13.0 Å². The zero-order valence-electron chi connectivity index (χ0n) is 7.95. The van der Waals surface area contributed by atoms with Crippen molar-refractivity contribution in [2.24, 2.45) is 0 Å². The number of halogens is 1. The Hall–Kier alpha value is -0.770. The lowest BCUT2D eigenvalue weighted by Crippen LogP contribution is -2.35. The molecule has 0 saturated heterocycles. The summed E-state index contributed by atoms with van der Waals surface area (Å²) in [5.41, 5.74) is 0. The van der Waals surface area contributed by atoms with E-state index in [1.165, 1.54) is 4.90 Å². The maximum Gasteiger partial charge on any atom is 0.323 e. The summed E-state index contributed by atoms with van der Waals surface area (Å²) in [6.45, 7) is 3.99. The monoisotopic (exact) mass is 209 g/mol. The molecule has 0 aliphatic rings. The molecule has 0 aromatic heterocycles. The van der Waals surface area contributed by atoms with Crippen molar-refractivity contribution < 1.29 is 14.7 Å². The number of aliphatic carboxylic acids is 1. The molecule has 0 heterocycles. The van der Waals surface area contributed by atoms with Crippen LogP contribution >= 0.6 is 12.4 Å². The van der Waals surface area contributed by atoms with Crippen molar-refractivity contribution in [3.05, 3.63) is 0 Å². The van der Waals surface area contributed by atoms with E-state index in [1.807, 2.05) is 6.92 Å². The van der Waals surface area contributed by atoms with E-state index >= 15 is 0 Å². The van der Waals surface area contributed by atoms with Gasteiger partial charge in [0.15, 0.2) is 0 Å². The molecule has 0 fully saturated rings. The Morgan fingerprint density at radius 3 is 2.15 bits per heavy atom. The van der Waals surface area contributed by atoms with Gasteiger partial charge in [-0.05, 0) is 6.42 Å². The standard InChI is InChI=1S/C8H15NO3.ClH/c1-3-5-9(6-8(11)12)7(10)4-2;/h3-6H2,1-2H3,(H,11,12);1H. The average molecular weight is 210 g/mol. The minimum atomic E-state index is -0.953. The Kier molecular flexibility index (Phi) is 8.91. The smallest absolute Gasteiger partial charge is 0.323 e. The van der Waals surface area contributed by atoms with Crippen LogP contribution in [0.15, 0.2) is 0 Å². The number of carboxylic acid groups (broad SMARTS) is 1. The fraction of sp³-hybridized carbons (Fsp3) is 0.750. The average Bonchev–Trinajstić information content (AvgIpc) is 2.01. The highest BCUT2D eigenvalue weighted by atomic mass is 35.5. The molecule has 0 radical (unpaired) electrons. The van der Waals surface area contributed by atoms with Gasteiger partial charge in [-0.2, -0.15) is 0 Å². The minimum Gasteiger partial charge on any atom is -0.480 e. The van der Waals surface area contributed by atoms with Gasteiger partial charge in [-0.3, -0.25) is 9.59 Å². The lowest BCUT2D eigenvalue weighted by atomic mass is 10.3. The Labute approximate surface area is 84.3 Å². The van der Waals surface area contributed by atoms with Crippen LogP contribution in [0.3, 0.4) is 0 Å². The van der Waals surface area contributed by atoms with Crippen molar-refractivity contribution in [3.8, 4) is 0 Å². The summed E-state index contributed by atoms with van der Waals surface area (Å²) in [7, 11) is 0. The first-order chi connectivity index (χ1) is 5.61. The second-order valence-corrected chi connectivity index (χ2v) is 2.56. The molecule has 0 atom stereocenters. The zero-order valence-corrected chi connectivity index (χ0v) is 8.76. The Morgan fingerprint density at radius 1 is 1.31 bits per heavy atom. The molecule has 0 spiro atoms. The molecule has 0 saturated carbocycles. The lowest BCUT2D eigenvalue weighted by molar-refractivity contribution is -0.144. The minimum absolute atomic E-state index is 0. The summed E-state index contributed by atoms with van der Waals surface area (Å²) in [5, 5.41) is 8.46. The molecule has 1 N–H and O–H groups in total. The molecule has 0 rings (SSSR count). The maximum absolute atomic E-state index is 11.1. The molecule has 0 aromatic rings. The van der Waals surface area contributed by atoms with E-state index in [2.05, 4.69) is 0 Å². The van der Waals surface area contributed by atoms with Crippen LogP contribution in [-0.2, 0) is 9.59 Å². The van der Waals surface area contributed by atoms with Crippen molar-refractivity contribution in [2.45, 2.75) is 26.7 Å². The number of hydrogen-bond donors (Lipinski definition) is 1. The van der Waals surface area contributed by atoms with Gasteiger partial charge in [0.1, 0.15) is 6.54 Å². The molecule has 0 aliphatic carbocycles. The number of hydrogen-bond acceptors (Lipinski definition) is 2. The Morgan fingerprint density at radius 2 is 1.85 bits per heavy atom. The normalized spacial score (nSPS) is 8.77. The fourth-order valence-electron chi connectivity index (χ4n) is 0.949. The first kappa shape index (κ1) is 14.7. The van der Waals surface area contributed by atoms with Crippen molar-refractivity contribution >= 4 is 24.3 Å². The zero-order chi connectivity index (χ0) is 9.56. The molecule has 0 unspecified atom stereocenters. The summed E-state index contributed by atoms with van der Waals surface area (Å²) in [6, 6.07) is 0. The van der Waals surface area contributed by atoms with E-state index in [1.54, 1.807) is 6.92 Å². The van der Waals surface area contributed by atoms with Crippen LogP contribution < -0.4 is 0 Å². The second kappa shape index (κ2) is 7.86. The summed E-state index contributed by atoms with van der Waals surface area (Å²) in [5.74, 6) is -1.05. The molecular formula is C8H16ClNO3. The van der Waals surface area contributed by atoms with Crippen LogP contribution in [0.2, 0.25) is 0 Å². The first-order valence-electron chi connectivity index (χ1n) is 4.11. The van der Waals surface area contributed by atoms with Gasteiger partial charge in [0.25, 0.3) is 0 Å². The third-order valence-corrected chi connectivity index (χ3v) is 1.47. The molecule has 0 aromatic carbocycles. The van der Waals surface area contributed by atoms with Crippen LogP contribution in [0, 0.1) is 0 Å². The van der Waals surface area contributed by atoms with Gasteiger partial charge in [-0.25, -0.2) is 0 Å². The van der Waals surface area contributed by atoms with Gasteiger partial charge in [0.2, 0.25) is 5.91 Å². The van der Waals surface area contributed by atoms with E-state index in [0.29, 0.717) is 13.0 Å². The molecule has 13 heavy (non-hydrogen) atoms. The first-order valence-corrected chi connectivity index (χ1v) is 4.11. The SMILES string of the molecule is CCCN(CC(=O)O)C(=O)CC.Cl. The van der Waals surface area contributed by atoms with Crippen LogP contribution in [0.4, 0.5) is 0 Å². The lowest BCUT2D eigenvalue weighted by Gasteiger charge is -2.18. The quantitative estimate of drug-likeness (QED) is 0.739. The van der Waals surface area contributed by atoms with Gasteiger partial charge < -0.3 is 10.0 Å². The number of carbonyl (C=O) groups is 2. The van der Waals surface area contributed by atoms with E-state index in [9.17, 15) is 9.59 Å². The molecule has 1 amide bonds. The third-order valence-electron chi connectivity index (χ3n) is 1.47. The number of rotatable bonds is 5.